The second-order valence-electron chi connectivity index (χ2n) is 6.41. The van der Waals surface area contributed by atoms with Gasteiger partial charge >= 0.3 is 14.5 Å². The number of fused-ring (bicyclic) bond motifs is 2. The molecule has 0 amide bonds. The van der Waals surface area contributed by atoms with E-state index in [1.165, 1.54) is 5.56 Å². The van der Waals surface area contributed by atoms with Gasteiger partial charge in [-0.05, 0) is 48.4 Å². The average Bonchev–Trinajstić information content (AvgIpc) is 3.32. The molecule has 0 unspecified atom stereocenters. The van der Waals surface area contributed by atoms with Gasteiger partial charge in [-0.3, -0.25) is 0 Å². The lowest BCUT2D eigenvalue weighted by atomic mass is 9.87. The maximum atomic E-state index is 6.04. The molecule has 2 aliphatic heterocycles. The summed E-state index contributed by atoms with van der Waals surface area (Å²) in [5.41, 5.74) is 2.15. The Morgan fingerprint density at radius 1 is 0.630 bits per heavy atom. The number of aryl methyl sites for hydroxylation is 1. The highest BCUT2D eigenvalue weighted by molar-refractivity contribution is 6.74. The molecule has 0 radical (unpaired) electrons. The highest BCUT2D eigenvalue weighted by Gasteiger charge is 2.52. The van der Waals surface area contributed by atoms with Crippen LogP contribution in [0.25, 0.3) is 0 Å². The number of rotatable bonds is 4. The van der Waals surface area contributed by atoms with Crippen molar-refractivity contribution in [2.75, 3.05) is 4.72 Å². The summed E-state index contributed by atoms with van der Waals surface area (Å²) in [6, 6.07) is 23.5. The number of hydrogen-bond donors (Lipinski definition) is 0. The predicted octanol–water partition coefficient (Wildman–Crippen LogP) is 3.97. The maximum Gasteiger partial charge on any atom is 0.731 e. The maximum absolute atomic E-state index is 6.04. The van der Waals surface area contributed by atoms with Gasteiger partial charge in [0.2, 0.25) is 0 Å². The molecule has 2 heterocycles. The van der Waals surface area contributed by atoms with E-state index >= 15 is 0 Å². The van der Waals surface area contributed by atoms with Crippen molar-refractivity contribution < 1.29 is 18.6 Å². The van der Waals surface area contributed by atoms with Crippen molar-refractivity contribution in [2.24, 2.45) is 0 Å². The Bertz CT molecular complexity index is 861. The fourth-order valence-electron chi connectivity index (χ4n) is 3.25. The highest BCUT2D eigenvalue weighted by atomic mass is 16.7. The zero-order chi connectivity index (χ0) is 18.2. The summed E-state index contributed by atoms with van der Waals surface area (Å²) in [5, 5.41) is 0. The zero-order valence-corrected chi connectivity index (χ0v) is 14.9. The van der Waals surface area contributed by atoms with Crippen LogP contribution in [-0.2, 0) is 6.42 Å². The van der Waals surface area contributed by atoms with Crippen LogP contribution in [0, 0.1) is 0 Å². The lowest BCUT2D eigenvalue weighted by Crippen LogP contribution is -2.58. The molecule has 2 aliphatic rings. The minimum absolute atomic E-state index is 0.686. The Morgan fingerprint density at radius 2 is 1.04 bits per heavy atom. The van der Waals surface area contributed by atoms with Gasteiger partial charge in [-0.25, -0.2) is 0 Å². The van der Waals surface area contributed by atoms with Gasteiger partial charge in [0.05, 0.1) is 0 Å². The van der Waals surface area contributed by atoms with E-state index in [9.17, 15) is 0 Å². The first kappa shape index (κ1) is 16.0. The van der Waals surface area contributed by atoms with Gasteiger partial charge in [0.1, 0.15) is 23.0 Å². The summed E-state index contributed by atoms with van der Waals surface area (Å²) in [5.74, 6) is 2.81. The van der Waals surface area contributed by atoms with Crippen molar-refractivity contribution in [3.63, 3.8) is 0 Å². The fourth-order valence-corrected chi connectivity index (χ4v) is 3.25. The Balaban J connectivity index is 1.49. The monoisotopic (exact) mass is 357 g/mol. The number of nitrogens with zero attached hydrogens (tertiary/aromatic N) is 1. The molecule has 7 heteroatoms. The molecular weight excluding hydrogens is 340 g/mol. The Hall–Kier alpha value is -3.21. The highest BCUT2D eigenvalue weighted by Crippen LogP contribution is 2.38. The predicted molar refractivity (Wildman–Crippen MR) is 105 cm³/mol. The van der Waals surface area contributed by atoms with Crippen LogP contribution in [0.2, 0.25) is 0 Å². The molecule has 132 valence electrons. The van der Waals surface area contributed by atoms with E-state index < -0.39 is 14.5 Å². The van der Waals surface area contributed by atoms with Crippen LogP contribution < -0.4 is 23.3 Å². The lowest BCUT2D eigenvalue weighted by molar-refractivity contribution is 0.467. The molecule has 0 fully saturated rings. The van der Waals surface area contributed by atoms with Gasteiger partial charge in [0, 0.05) is 5.69 Å². The molecule has 5 rings (SSSR count). The van der Waals surface area contributed by atoms with E-state index in [0.29, 0.717) is 23.0 Å². The van der Waals surface area contributed by atoms with E-state index in [1.807, 2.05) is 65.4 Å². The van der Waals surface area contributed by atoms with E-state index in [-0.39, 0.29) is 0 Å². The molecule has 5 nitrogen and oxygen atoms in total. The summed E-state index contributed by atoms with van der Waals surface area (Å²) in [6.45, 7) is 2.13. The molecule has 0 saturated carbocycles. The molecule has 3 aromatic rings. The molecule has 27 heavy (non-hydrogen) atoms. The van der Waals surface area contributed by atoms with Gasteiger partial charge < -0.3 is 23.3 Å². The van der Waals surface area contributed by atoms with Crippen molar-refractivity contribution in [3.05, 3.63) is 78.4 Å². The standard InChI is InChI=1S/C20H17B2NO4/c1-2-15-11-13-16(14-12-15)23(21-24-17-7-3-4-8-18(17)25-21)22-26-19-9-5-6-10-20(19)27-22/h3-14H,2H2,1H3. The number of hydrogen-bond acceptors (Lipinski definition) is 5. The third-order valence-corrected chi connectivity index (χ3v) is 4.71. The van der Waals surface area contributed by atoms with Crippen LogP contribution in [0.15, 0.2) is 72.8 Å². The van der Waals surface area contributed by atoms with Crippen LogP contribution in [0.5, 0.6) is 23.0 Å². The fraction of sp³-hybridized carbons (Fsp3) is 0.100. The van der Waals surface area contributed by atoms with Crippen LogP contribution in [0.1, 0.15) is 12.5 Å². The first-order valence-electron chi connectivity index (χ1n) is 9.04. The third-order valence-electron chi connectivity index (χ3n) is 4.71. The summed E-state index contributed by atoms with van der Waals surface area (Å²) in [6.07, 6.45) is 0.976. The average molecular weight is 357 g/mol. The summed E-state index contributed by atoms with van der Waals surface area (Å²) >= 11 is 0. The van der Waals surface area contributed by atoms with Crippen molar-refractivity contribution in [1.29, 1.82) is 0 Å². The van der Waals surface area contributed by atoms with Gasteiger partial charge in [-0.15, -0.1) is 0 Å². The summed E-state index contributed by atoms with van der Waals surface area (Å²) in [4.78, 5) is 0. The molecule has 0 atom stereocenters. The molecular formula is C20H17B2NO4. The molecule has 0 spiro atoms. The first-order valence-corrected chi connectivity index (χ1v) is 9.04. The van der Waals surface area contributed by atoms with Crippen molar-refractivity contribution in [3.8, 4) is 23.0 Å². The molecule has 0 N–H and O–H groups in total. The second kappa shape index (κ2) is 6.50. The van der Waals surface area contributed by atoms with E-state index in [2.05, 4.69) is 19.1 Å². The number of anilines is 1. The Morgan fingerprint density at radius 3 is 1.41 bits per heavy atom. The van der Waals surface area contributed by atoms with Gasteiger partial charge in [-0.1, -0.05) is 43.3 Å². The van der Waals surface area contributed by atoms with E-state index in [1.54, 1.807) is 0 Å². The zero-order valence-electron chi connectivity index (χ0n) is 14.9. The van der Waals surface area contributed by atoms with Crippen LogP contribution in [0.3, 0.4) is 0 Å². The lowest BCUT2D eigenvalue weighted by Gasteiger charge is -2.25. The molecule has 0 aliphatic carbocycles. The molecule has 0 saturated heterocycles. The van der Waals surface area contributed by atoms with Crippen molar-refractivity contribution in [1.82, 2.24) is 0 Å². The topological polar surface area (TPSA) is 40.2 Å². The van der Waals surface area contributed by atoms with Crippen LogP contribution in [-0.4, -0.2) is 14.5 Å². The largest absolute Gasteiger partial charge is 0.731 e. The molecule has 0 aromatic heterocycles. The Labute approximate surface area is 158 Å². The molecule has 0 bridgehead atoms. The number of benzene rings is 3. The smallest absolute Gasteiger partial charge is 0.504 e. The van der Waals surface area contributed by atoms with Gasteiger partial charge in [-0.2, -0.15) is 0 Å². The van der Waals surface area contributed by atoms with Crippen molar-refractivity contribution >= 4 is 20.2 Å². The van der Waals surface area contributed by atoms with Gasteiger partial charge in [0.25, 0.3) is 0 Å². The normalized spacial score (nSPS) is 13.8. The third kappa shape index (κ3) is 2.85. The summed E-state index contributed by atoms with van der Waals surface area (Å²) < 4.78 is 26.0. The first-order chi connectivity index (χ1) is 13.3. The quantitative estimate of drug-likeness (QED) is 0.661. The summed E-state index contributed by atoms with van der Waals surface area (Å²) in [7, 11) is -1.37. The molecule has 3 aromatic carbocycles. The Kier molecular flexibility index (Phi) is 3.85. The van der Waals surface area contributed by atoms with Gasteiger partial charge in [0.15, 0.2) is 0 Å². The van der Waals surface area contributed by atoms with E-state index in [4.69, 9.17) is 18.6 Å². The van der Waals surface area contributed by atoms with Crippen LogP contribution in [0.4, 0.5) is 5.69 Å². The van der Waals surface area contributed by atoms with E-state index in [0.717, 1.165) is 12.1 Å². The second-order valence-corrected chi connectivity index (χ2v) is 6.41. The van der Waals surface area contributed by atoms with Crippen molar-refractivity contribution in [2.45, 2.75) is 13.3 Å². The minimum atomic E-state index is -0.686. The number of para-hydroxylation sites is 4. The SMILES string of the molecule is CCc1ccc(N(B2Oc3ccccc3O2)B2Oc3ccccc3O2)cc1. The minimum Gasteiger partial charge on any atom is -0.504 e. The van der Waals surface area contributed by atoms with Crippen LogP contribution >= 0.6 is 0 Å².